The molecule has 15 heavy (non-hydrogen) atoms. The molecule has 0 saturated heterocycles. The first kappa shape index (κ1) is 12.1. The van der Waals surface area contributed by atoms with Crippen LogP contribution in [0.5, 0.6) is 5.75 Å². The summed E-state index contributed by atoms with van der Waals surface area (Å²) >= 11 is 11.4. The van der Waals surface area contributed by atoms with Crippen molar-refractivity contribution < 1.29 is 9.53 Å². The quantitative estimate of drug-likeness (QED) is 0.602. The monoisotopic (exact) mass is 244 g/mol. The molecule has 0 bridgehead atoms. The number of halogens is 2. The Kier molecular flexibility index (Phi) is 3.77. The number of carbonyl (C=O) groups excluding carboxylic acids is 1. The molecule has 4 heteroatoms. The number of benzene rings is 1. The van der Waals surface area contributed by atoms with E-state index < -0.39 is 5.24 Å². The van der Waals surface area contributed by atoms with Gasteiger partial charge in [0.05, 0.1) is 12.1 Å². The van der Waals surface area contributed by atoms with Crippen molar-refractivity contribution in [1.82, 2.24) is 0 Å². The zero-order chi connectivity index (χ0) is 11.6. The average molecular weight is 245 g/mol. The normalized spacial score (nSPS) is 9.87. The van der Waals surface area contributed by atoms with E-state index in [1.807, 2.05) is 6.92 Å². The second-order valence-corrected chi connectivity index (χ2v) is 3.83. The van der Waals surface area contributed by atoms with Crippen LogP contribution in [0.25, 0.3) is 5.57 Å². The lowest BCUT2D eigenvalue weighted by Gasteiger charge is -2.11. The summed E-state index contributed by atoms with van der Waals surface area (Å²) in [7, 11) is 1.50. The van der Waals surface area contributed by atoms with Gasteiger partial charge in [0.2, 0.25) is 0 Å². The van der Waals surface area contributed by atoms with Crippen LogP contribution in [0, 0.1) is 6.92 Å². The van der Waals surface area contributed by atoms with Crippen LogP contribution >= 0.6 is 23.2 Å². The van der Waals surface area contributed by atoms with Gasteiger partial charge in [-0.15, -0.1) is 0 Å². The largest absolute Gasteiger partial charge is 0.496 e. The Labute approximate surface area is 98.4 Å². The minimum absolute atomic E-state index is 0.138. The van der Waals surface area contributed by atoms with Gasteiger partial charge in [-0.2, -0.15) is 0 Å². The third-order valence-electron chi connectivity index (χ3n) is 1.96. The molecule has 0 aliphatic rings. The SMILES string of the molecule is C=C(C(=O)Cl)c1c(Cl)cc(C)cc1OC. The van der Waals surface area contributed by atoms with Gasteiger partial charge in [-0.1, -0.05) is 18.2 Å². The third kappa shape index (κ3) is 2.52. The van der Waals surface area contributed by atoms with E-state index in [1.165, 1.54) is 7.11 Å². The van der Waals surface area contributed by atoms with E-state index in [9.17, 15) is 4.79 Å². The van der Waals surface area contributed by atoms with E-state index >= 15 is 0 Å². The van der Waals surface area contributed by atoms with Gasteiger partial charge >= 0.3 is 0 Å². The van der Waals surface area contributed by atoms with Crippen LogP contribution in [0.1, 0.15) is 11.1 Å². The third-order valence-corrected chi connectivity index (χ3v) is 2.48. The Morgan fingerprint density at radius 3 is 2.53 bits per heavy atom. The molecule has 0 amide bonds. The molecule has 2 nitrogen and oxygen atoms in total. The molecule has 1 aromatic carbocycles. The summed E-state index contributed by atoms with van der Waals surface area (Å²) in [5.41, 5.74) is 1.53. The van der Waals surface area contributed by atoms with Crippen LogP contribution in [-0.2, 0) is 4.79 Å². The summed E-state index contributed by atoms with van der Waals surface area (Å²) in [6, 6.07) is 3.50. The Hall–Kier alpha value is -0.990. The zero-order valence-electron chi connectivity index (χ0n) is 8.43. The predicted octanol–water partition coefficient (Wildman–Crippen LogP) is 3.44. The van der Waals surface area contributed by atoms with Gasteiger partial charge in [0, 0.05) is 11.1 Å². The molecule has 0 unspecified atom stereocenters. The Balaban J connectivity index is 3.39. The highest BCUT2D eigenvalue weighted by molar-refractivity contribution is 6.74. The van der Waals surface area contributed by atoms with Gasteiger partial charge in [-0.3, -0.25) is 4.79 Å². The van der Waals surface area contributed by atoms with Crippen molar-refractivity contribution in [2.75, 3.05) is 7.11 Å². The molecule has 0 heterocycles. The zero-order valence-corrected chi connectivity index (χ0v) is 9.95. The van der Waals surface area contributed by atoms with Crippen molar-refractivity contribution in [3.8, 4) is 5.75 Å². The summed E-state index contributed by atoms with van der Waals surface area (Å²) in [4.78, 5) is 11.0. The Bertz CT molecular complexity index is 425. The Morgan fingerprint density at radius 2 is 2.07 bits per heavy atom. The lowest BCUT2D eigenvalue weighted by molar-refractivity contribution is -0.106. The maximum absolute atomic E-state index is 11.0. The summed E-state index contributed by atoms with van der Waals surface area (Å²) in [6.45, 7) is 5.46. The number of ether oxygens (including phenoxy) is 1. The van der Waals surface area contributed by atoms with Gasteiger partial charge in [0.15, 0.2) is 0 Å². The highest BCUT2D eigenvalue weighted by atomic mass is 35.5. The molecule has 0 aromatic heterocycles. The maximum Gasteiger partial charge on any atom is 0.252 e. The van der Waals surface area contributed by atoms with E-state index in [1.54, 1.807) is 12.1 Å². The number of hydrogen-bond donors (Lipinski definition) is 0. The van der Waals surface area contributed by atoms with Gasteiger partial charge in [0.1, 0.15) is 5.75 Å². The lowest BCUT2D eigenvalue weighted by Crippen LogP contribution is -1.97. The molecule has 1 aromatic rings. The van der Waals surface area contributed by atoms with E-state index in [2.05, 4.69) is 6.58 Å². The molecular weight excluding hydrogens is 235 g/mol. The molecule has 0 aliphatic heterocycles. The van der Waals surface area contributed by atoms with Crippen LogP contribution in [0.15, 0.2) is 18.7 Å². The van der Waals surface area contributed by atoms with Crippen molar-refractivity contribution in [1.29, 1.82) is 0 Å². The second kappa shape index (κ2) is 4.69. The van der Waals surface area contributed by atoms with E-state index in [0.29, 0.717) is 16.3 Å². The highest BCUT2D eigenvalue weighted by Gasteiger charge is 2.16. The molecule has 0 aliphatic carbocycles. The number of hydrogen-bond acceptors (Lipinski definition) is 2. The first-order valence-electron chi connectivity index (χ1n) is 4.20. The number of allylic oxidation sites excluding steroid dienone is 1. The minimum atomic E-state index is -0.640. The predicted molar refractivity (Wildman–Crippen MR) is 62.6 cm³/mol. The van der Waals surface area contributed by atoms with Crippen LogP contribution < -0.4 is 4.74 Å². The Morgan fingerprint density at radius 1 is 1.47 bits per heavy atom. The topological polar surface area (TPSA) is 26.3 Å². The molecule has 0 spiro atoms. The van der Waals surface area contributed by atoms with Crippen LogP contribution in [0.4, 0.5) is 0 Å². The van der Waals surface area contributed by atoms with Gasteiger partial charge in [0.25, 0.3) is 5.24 Å². The summed E-state index contributed by atoms with van der Waals surface area (Å²) in [6.07, 6.45) is 0. The number of rotatable bonds is 3. The average Bonchev–Trinajstić information content (AvgIpc) is 2.15. The maximum atomic E-state index is 11.0. The van der Waals surface area contributed by atoms with Gasteiger partial charge in [-0.05, 0) is 36.2 Å². The fourth-order valence-corrected chi connectivity index (χ4v) is 1.74. The van der Waals surface area contributed by atoms with Crippen molar-refractivity contribution in [3.63, 3.8) is 0 Å². The minimum Gasteiger partial charge on any atom is -0.496 e. The van der Waals surface area contributed by atoms with E-state index in [0.717, 1.165) is 5.56 Å². The molecule has 0 radical (unpaired) electrons. The highest BCUT2D eigenvalue weighted by Crippen LogP contribution is 2.34. The van der Waals surface area contributed by atoms with Gasteiger partial charge in [-0.25, -0.2) is 0 Å². The molecule has 0 atom stereocenters. The summed E-state index contributed by atoms with van der Waals surface area (Å²) in [5, 5.41) is -0.232. The first-order chi connectivity index (χ1) is 6.97. The molecular formula is C11H10Cl2O2. The van der Waals surface area contributed by atoms with Crippen molar-refractivity contribution in [3.05, 3.63) is 34.9 Å². The van der Waals surface area contributed by atoms with E-state index in [-0.39, 0.29) is 5.57 Å². The molecule has 0 fully saturated rings. The number of methoxy groups -OCH3 is 1. The first-order valence-corrected chi connectivity index (χ1v) is 4.96. The van der Waals surface area contributed by atoms with Crippen molar-refractivity contribution in [2.24, 2.45) is 0 Å². The molecule has 1 rings (SSSR count). The van der Waals surface area contributed by atoms with Crippen molar-refractivity contribution >= 4 is 34.0 Å². The van der Waals surface area contributed by atoms with Crippen LogP contribution in [0.2, 0.25) is 5.02 Å². The second-order valence-electron chi connectivity index (χ2n) is 3.08. The standard InChI is InChI=1S/C11H10Cl2O2/c1-6-4-8(12)10(7(2)11(13)14)9(5-6)15-3/h4-5H,2H2,1,3H3. The number of carbonyl (C=O) groups is 1. The number of aryl methyl sites for hydroxylation is 1. The summed E-state index contributed by atoms with van der Waals surface area (Å²) in [5.74, 6) is 0.499. The van der Waals surface area contributed by atoms with Crippen LogP contribution in [-0.4, -0.2) is 12.4 Å². The lowest BCUT2D eigenvalue weighted by atomic mass is 10.1. The molecule has 0 saturated carbocycles. The fraction of sp³-hybridized carbons (Fsp3) is 0.182. The fourth-order valence-electron chi connectivity index (χ4n) is 1.26. The van der Waals surface area contributed by atoms with Crippen LogP contribution in [0.3, 0.4) is 0 Å². The van der Waals surface area contributed by atoms with Gasteiger partial charge < -0.3 is 4.74 Å². The molecule has 80 valence electrons. The van der Waals surface area contributed by atoms with Crippen molar-refractivity contribution in [2.45, 2.75) is 6.92 Å². The smallest absolute Gasteiger partial charge is 0.252 e. The van der Waals surface area contributed by atoms with E-state index in [4.69, 9.17) is 27.9 Å². The molecule has 0 N–H and O–H groups in total. The summed E-state index contributed by atoms with van der Waals surface area (Å²) < 4.78 is 5.12.